The van der Waals surface area contributed by atoms with Crippen LogP contribution in [0.25, 0.3) is 0 Å². The topological polar surface area (TPSA) is 9.23 Å². The summed E-state index contributed by atoms with van der Waals surface area (Å²) >= 11 is 0. The average Bonchev–Trinajstić information content (AvgIpc) is 2.61. The van der Waals surface area contributed by atoms with Gasteiger partial charge in [0.1, 0.15) is 5.75 Å². The Kier molecular flexibility index (Phi) is 8.57. The Bertz CT molecular complexity index is 400. The third-order valence-corrected chi connectivity index (χ3v) is 5.57. The second-order valence-corrected chi connectivity index (χ2v) is 7.39. The van der Waals surface area contributed by atoms with Crippen molar-refractivity contribution in [1.29, 1.82) is 0 Å². The number of hydrogen-bond donors (Lipinski definition) is 0. The van der Waals surface area contributed by atoms with Crippen LogP contribution in [0.2, 0.25) is 0 Å². The van der Waals surface area contributed by atoms with Gasteiger partial charge >= 0.3 is 0 Å². The molecule has 0 atom stereocenters. The summed E-state index contributed by atoms with van der Waals surface area (Å²) in [5.41, 5.74) is 1.47. The highest BCUT2D eigenvalue weighted by atomic mass is 16.5. The Morgan fingerprint density at radius 3 is 2.22 bits per heavy atom. The van der Waals surface area contributed by atoms with Crippen LogP contribution in [-0.2, 0) is 6.42 Å². The van der Waals surface area contributed by atoms with Crippen LogP contribution < -0.4 is 4.74 Å². The maximum atomic E-state index is 5.83. The van der Waals surface area contributed by atoms with Gasteiger partial charge in [-0.25, -0.2) is 0 Å². The molecular formula is C22H36O. The van der Waals surface area contributed by atoms with Gasteiger partial charge in [-0.05, 0) is 48.8 Å². The molecule has 23 heavy (non-hydrogen) atoms. The van der Waals surface area contributed by atoms with E-state index in [9.17, 15) is 0 Å². The minimum atomic E-state index is 0.861. The third kappa shape index (κ3) is 6.97. The lowest BCUT2D eigenvalue weighted by atomic mass is 9.78. The SMILES string of the molecule is CCCCCCOc1ccc(CC[C@H]2CC[C@H](CC)CC2)cc1. The van der Waals surface area contributed by atoms with E-state index in [-0.39, 0.29) is 0 Å². The first-order valence-electron chi connectivity index (χ1n) is 10.0. The lowest BCUT2D eigenvalue weighted by molar-refractivity contribution is 0.259. The lowest BCUT2D eigenvalue weighted by Gasteiger charge is -2.27. The zero-order valence-electron chi connectivity index (χ0n) is 15.4. The van der Waals surface area contributed by atoms with Gasteiger partial charge in [0, 0.05) is 0 Å². The molecule has 0 radical (unpaired) electrons. The summed E-state index contributed by atoms with van der Waals surface area (Å²) < 4.78 is 5.83. The quantitative estimate of drug-likeness (QED) is 0.431. The van der Waals surface area contributed by atoms with Gasteiger partial charge < -0.3 is 4.74 Å². The Balaban J connectivity index is 1.63. The van der Waals surface area contributed by atoms with Gasteiger partial charge in [-0.3, -0.25) is 0 Å². The molecule has 0 aliphatic heterocycles. The summed E-state index contributed by atoms with van der Waals surface area (Å²) in [7, 11) is 0. The van der Waals surface area contributed by atoms with Crippen molar-refractivity contribution in [3.05, 3.63) is 29.8 Å². The van der Waals surface area contributed by atoms with Crippen molar-refractivity contribution in [2.24, 2.45) is 11.8 Å². The summed E-state index contributed by atoms with van der Waals surface area (Å²) in [6, 6.07) is 8.84. The van der Waals surface area contributed by atoms with Crippen molar-refractivity contribution in [3.8, 4) is 5.75 Å². The standard InChI is InChI=1S/C22H36O/c1-3-5-6-7-18-23-22-16-14-21(15-17-22)13-12-20-10-8-19(4-2)9-11-20/h14-17,19-20H,3-13,18H2,1-2H3/t19-,20-. The molecule has 0 aromatic heterocycles. The first kappa shape index (κ1) is 18.4. The van der Waals surface area contributed by atoms with E-state index in [1.54, 1.807) is 0 Å². The minimum Gasteiger partial charge on any atom is -0.494 e. The summed E-state index contributed by atoms with van der Waals surface area (Å²) in [4.78, 5) is 0. The molecule has 0 N–H and O–H groups in total. The van der Waals surface area contributed by atoms with E-state index in [2.05, 4.69) is 38.1 Å². The maximum Gasteiger partial charge on any atom is 0.119 e. The fourth-order valence-electron chi connectivity index (χ4n) is 3.77. The largest absolute Gasteiger partial charge is 0.494 e. The molecule has 0 bridgehead atoms. The summed E-state index contributed by atoms with van der Waals surface area (Å²) in [5, 5.41) is 0. The monoisotopic (exact) mass is 316 g/mol. The highest BCUT2D eigenvalue weighted by Gasteiger charge is 2.19. The molecule has 0 heterocycles. The number of ether oxygens (including phenoxy) is 1. The van der Waals surface area contributed by atoms with Gasteiger partial charge in [0.05, 0.1) is 6.61 Å². The predicted molar refractivity (Wildman–Crippen MR) is 100 cm³/mol. The fourth-order valence-corrected chi connectivity index (χ4v) is 3.77. The Labute approximate surface area is 143 Å². The normalized spacial score (nSPS) is 21.3. The van der Waals surface area contributed by atoms with E-state index < -0.39 is 0 Å². The molecule has 1 heteroatoms. The second kappa shape index (κ2) is 10.7. The zero-order chi connectivity index (χ0) is 16.3. The number of aryl methyl sites for hydroxylation is 1. The van der Waals surface area contributed by atoms with E-state index in [1.165, 1.54) is 76.2 Å². The molecule has 1 nitrogen and oxygen atoms in total. The zero-order valence-corrected chi connectivity index (χ0v) is 15.4. The number of unbranched alkanes of at least 4 members (excludes halogenated alkanes) is 3. The molecule has 0 unspecified atom stereocenters. The molecule has 0 spiro atoms. The summed E-state index contributed by atoms with van der Waals surface area (Å²) in [6.07, 6.45) is 14.9. The van der Waals surface area contributed by atoms with E-state index in [1.807, 2.05) is 0 Å². The molecule has 1 saturated carbocycles. The average molecular weight is 317 g/mol. The van der Waals surface area contributed by atoms with Crippen LogP contribution in [0.1, 0.15) is 83.6 Å². The van der Waals surface area contributed by atoms with Crippen LogP contribution in [0.15, 0.2) is 24.3 Å². The van der Waals surface area contributed by atoms with Crippen LogP contribution in [0.5, 0.6) is 5.75 Å². The van der Waals surface area contributed by atoms with Crippen LogP contribution in [-0.4, -0.2) is 6.61 Å². The van der Waals surface area contributed by atoms with Crippen molar-refractivity contribution in [1.82, 2.24) is 0 Å². The van der Waals surface area contributed by atoms with Gasteiger partial charge in [0.15, 0.2) is 0 Å². The van der Waals surface area contributed by atoms with Gasteiger partial charge in [0.25, 0.3) is 0 Å². The van der Waals surface area contributed by atoms with Gasteiger partial charge in [-0.15, -0.1) is 0 Å². The number of rotatable bonds is 10. The van der Waals surface area contributed by atoms with E-state index >= 15 is 0 Å². The minimum absolute atomic E-state index is 0.861. The maximum absolute atomic E-state index is 5.83. The van der Waals surface area contributed by atoms with Crippen molar-refractivity contribution in [2.75, 3.05) is 6.61 Å². The van der Waals surface area contributed by atoms with Gasteiger partial charge in [-0.1, -0.05) is 77.3 Å². The fraction of sp³-hybridized carbons (Fsp3) is 0.727. The molecule has 1 aromatic carbocycles. The lowest BCUT2D eigenvalue weighted by Crippen LogP contribution is -2.14. The van der Waals surface area contributed by atoms with E-state index in [0.29, 0.717) is 0 Å². The molecule has 1 aliphatic carbocycles. The highest BCUT2D eigenvalue weighted by molar-refractivity contribution is 5.27. The molecular weight excluding hydrogens is 280 g/mol. The first-order chi connectivity index (χ1) is 11.3. The molecule has 1 aromatic rings. The molecule has 2 rings (SSSR count). The Morgan fingerprint density at radius 1 is 0.870 bits per heavy atom. The molecule has 1 fully saturated rings. The smallest absolute Gasteiger partial charge is 0.119 e. The Hall–Kier alpha value is -0.980. The first-order valence-corrected chi connectivity index (χ1v) is 10.0. The van der Waals surface area contributed by atoms with Crippen molar-refractivity contribution < 1.29 is 4.74 Å². The van der Waals surface area contributed by atoms with Gasteiger partial charge in [0.2, 0.25) is 0 Å². The van der Waals surface area contributed by atoms with Crippen LogP contribution in [0.3, 0.4) is 0 Å². The van der Waals surface area contributed by atoms with Crippen molar-refractivity contribution in [3.63, 3.8) is 0 Å². The van der Waals surface area contributed by atoms with Gasteiger partial charge in [-0.2, -0.15) is 0 Å². The Morgan fingerprint density at radius 2 is 1.57 bits per heavy atom. The third-order valence-electron chi connectivity index (χ3n) is 5.57. The molecule has 1 aliphatic rings. The molecule has 0 saturated heterocycles. The summed E-state index contributed by atoms with van der Waals surface area (Å²) in [5.74, 6) is 3.01. The van der Waals surface area contributed by atoms with E-state index in [4.69, 9.17) is 4.74 Å². The number of hydrogen-bond acceptors (Lipinski definition) is 1. The highest BCUT2D eigenvalue weighted by Crippen LogP contribution is 2.33. The van der Waals surface area contributed by atoms with Crippen molar-refractivity contribution >= 4 is 0 Å². The number of benzene rings is 1. The van der Waals surface area contributed by atoms with Crippen LogP contribution in [0, 0.1) is 11.8 Å². The molecule has 0 amide bonds. The van der Waals surface area contributed by atoms with Crippen LogP contribution >= 0.6 is 0 Å². The summed E-state index contributed by atoms with van der Waals surface area (Å²) in [6.45, 7) is 5.45. The van der Waals surface area contributed by atoms with Crippen molar-refractivity contribution in [2.45, 2.75) is 84.5 Å². The second-order valence-electron chi connectivity index (χ2n) is 7.39. The predicted octanol–water partition coefficient (Wildman–Crippen LogP) is 6.79. The molecule has 130 valence electrons. The van der Waals surface area contributed by atoms with E-state index in [0.717, 1.165) is 24.2 Å². The van der Waals surface area contributed by atoms with Crippen LogP contribution in [0.4, 0.5) is 0 Å².